The van der Waals surface area contributed by atoms with E-state index in [1.54, 1.807) is 28.8 Å². The van der Waals surface area contributed by atoms with Crippen LogP contribution in [0.2, 0.25) is 0 Å². The maximum atomic E-state index is 13.1. The van der Waals surface area contributed by atoms with E-state index >= 15 is 0 Å². The summed E-state index contributed by atoms with van der Waals surface area (Å²) in [5.74, 6) is -3.37. The van der Waals surface area contributed by atoms with Crippen molar-refractivity contribution in [2.24, 2.45) is 16.5 Å². The van der Waals surface area contributed by atoms with Crippen LogP contribution >= 0.6 is 0 Å². The normalized spacial score (nSPS) is 11.7. The standard InChI is InChI=1S/C22H24N4O4.C2HF3O2/c1-2-19(25-22(23)24)30-17-9-8-15-10-16(11-20(27)28)21(29)26(18(15)12-17)13-14-6-4-3-5-7-14;3-2(4,5)1(6)7/h3-10,12,19H,2,11,13H2,1H3,(H,27,28)(H4,23,24,25);(H,6,7). The summed E-state index contributed by atoms with van der Waals surface area (Å²) in [5, 5.41) is 17.1. The fourth-order valence-electron chi connectivity index (χ4n) is 3.22. The molecule has 0 amide bonds. The van der Waals surface area contributed by atoms with Gasteiger partial charge in [0.2, 0.25) is 0 Å². The maximum absolute atomic E-state index is 13.1. The molecule has 3 rings (SSSR count). The molecular weight excluding hydrogens is 497 g/mol. The Morgan fingerprint density at radius 3 is 2.22 bits per heavy atom. The monoisotopic (exact) mass is 522 g/mol. The number of hydrogen-bond acceptors (Lipinski definition) is 5. The third-order valence-electron chi connectivity index (χ3n) is 4.82. The molecule has 1 atom stereocenters. The Kier molecular flexibility index (Phi) is 9.63. The number of guanidine groups is 1. The lowest BCUT2D eigenvalue weighted by Gasteiger charge is -2.17. The number of carboxylic acid groups (broad SMARTS) is 2. The van der Waals surface area contributed by atoms with E-state index in [4.69, 9.17) is 26.1 Å². The molecule has 6 N–H and O–H groups in total. The van der Waals surface area contributed by atoms with Crippen molar-refractivity contribution in [3.05, 3.63) is 76.1 Å². The predicted octanol–water partition coefficient (Wildman–Crippen LogP) is 2.70. The first-order valence-corrected chi connectivity index (χ1v) is 10.8. The average Bonchev–Trinajstić information content (AvgIpc) is 2.81. The van der Waals surface area contributed by atoms with Crippen molar-refractivity contribution in [3.63, 3.8) is 0 Å². The van der Waals surface area contributed by atoms with Crippen LogP contribution in [0.3, 0.4) is 0 Å². The van der Waals surface area contributed by atoms with Gasteiger partial charge in [0.1, 0.15) is 5.75 Å². The predicted molar refractivity (Wildman–Crippen MR) is 129 cm³/mol. The molecule has 13 heteroatoms. The minimum Gasteiger partial charge on any atom is -0.481 e. The average molecular weight is 522 g/mol. The van der Waals surface area contributed by atoms with Gasteiger partial charge in [-0.15, -0.1) is 0 Å². The molecule has 0 saturated heterocycles. The fourth-order valence-corrected chi connectivity index (χ4v) is 3.22. The van der Waals surface area contributed by atoms with E-state index in [-0.39, 0.29) is 23.5 Å². The molecular formula is C24H25F3N4O6. The summed E-state index contributed by atoms with van der Waals surface area (Å²) >= 11 is 0. The molecule has 0 aliphatic heterocycles. The summed E-state index contributed by atoms with van der Waals surface area (Å²) in [6.45, 7) is 2.19. The number of nitrogens with two attached hydrogens (primary N) is 2. The van der Waals surface area contributed by atoms with Gasteiger partial charge < -0.3 is 31.0 Å². The van der Waals surface area contributed by atoms with Crippen LogP contribution in [0.4, 0.5) is 13.2 Å². The number of nitrogens with zero attached hydrogens (tertiary/aromatic N) is 2. The van der Waals surface area contributed by atoms with Gasteiger partial charge in [-0.25, -0.2) is 9.79 Å². The number of hydrogen-bond donors (Lipinski definition) is 4. The van der Waals surface area contributed by atoms with Crippen LogP contribution in [-0.4, -0.2) is 45.1 Å². The Morgan fingerprint density at radius 2 is 1.70 bits per heavy atom. The van der Waals surface area contributed by atoms with Crippen molar-refractivity contribution < 1.29 is 37.7 Å². The van der Waals surface area contributed by atoms with Crippen LogP contribution in [0.5, 0.6) is 5.75 Å². The zero-order valence-electron chi connectivity index (χ0n) is 19.6. The summed E-state index contributed by atoms with van der Waals surface area (Å²) in [7, 11) is 0. The van der Waals surface area contributed by atoms with Crippen molar-refractivity contribution in [2.75, 3.05) is 0 Å². The second kappa shape index (κ2) is 12.4. The van der Waals surface area contributed by atoms with E-state index < -0.39 is 24.3 Å². The largest absolute Gasteiger partial charge is 0.490 e. The van der Waals surface area contributed by atoms with E-state index in [2.05, 4.69) is 4.99 Å². The van der Waals surface area contributed by atoms with Crippen molar-refractivity contribution >= 4 is 28.8 Å². The maximum Gasteiger partial charge on any atom is 0.490 e. The van der Waals surface area contributed by atoms with Crippen LogP contribution in [0.1, 0.15) is 24.5 Å². The Balaban J connectivity index is 0.000000604. The van der Waals surface area contributed by atoms with Gasteiger partial charge in [-0.05, 0) is 29.1 Å². The highest BCUT2D eigenvalue weighted by Gasteiger charge is 2.38. The van der Waals surface area contributed by atoms with Gasteiger partial charge in [0.05, 0.1) is 18.5 Å². The van der Waals surface area contributed by atoms with Crippen LogP contribution in [0.25, 0.3) is 10.9 Å². The minimum absolute atomic E-state index is 0.0677. The van der Waals surface area contributed by atoms with Crippen molar-refractivity contribution in [1.82, 2.24) is 4.57 Å². The number of pyridine rings is 1. The lowest BCUT2D eigenvalue weighted by atomic mass is 10.1. The van der Waals surface area contributed by atoms with Gasteiger partial charge in [-0.1, -0.05) is 37.3 Å². The van der Waals surface area contributed by atoms with E-state index in [0.29, 0.717) is 24.2 Å². The van der Waals surface area contributed by atoms with Gasteiger partial charge in [0.25, 0.3) is 5.56 Å². The van der Waals surface area contributed by atoms with Crippen LogP contribution < -0.4 is 21.8 Å². The van der Waals surface area contributed by atoms with Gasteiger partial charge in [0, 0.05) is 18.1 Å². The number of halogens is 3. The smallest absolute Gasteiger partial charge is 0.481 e. The molecule has 0 saturated carbocycles. The number of aromatic nitrogens is 1. The number of carbonyl (C=O) groups is 2. The summed E-state index contributed by atoms with van der Waals surface area (Å²) < 4.78 is 39.2. The zero-order chi connectivity index (χ0) is 27.8. The third-order valence-corrected chi connectivity index (χ3v) is 4.82. The molecule has 2 aromatic carbocycles. The molecule has 198 valence electrons. The molecule has 3 aromatic rings. The SMILES string of the molecule is CCC(N=C(N)N)Oc1ccc2cc(CC(=O)O)c(=O)n(Cc3ccccc3)c2c1.O=C(O)C(F)(F)F. The van der Waals surface area contributed by atoms with Crippen LogP contribution in [0.15, 0.2) is 64.4 Å². The number of benzene rings is 2. The topological polar surface area (TPSA) is 170 Å². The fraction of sp³-hybridized carbons (Fsp3) is 0.250. The Hall–Kier alpha value is -4.55. The van der Waals surface area contributed by atoms with Gasteiger partial charge in [0.15, 0.2) is 12.2 Å². The second-order valence-corrected chi connectivity index (χ2v) is 7.68. The number of fused-ring (bicyclic) bond motifs is 1. The number of carboxylic acids is 2. The highest BCUT2D eigenvalue weighted by Crippen LogP contribution is 2.23. The number of alkyl halides is 3. The van der Waals surface area contributed by atoms with E-state index in [1.807, 2.05) is 37.3 Å². The first kappa shape index (κ1) is 28.7. The number of aliphatic imine (C=N–C) groups is 1. The van der Waals surface area contributed by atoms with Crippen molar-refractivity contribution in [2.45, 2.75) is 38.7 Å². The molecule has 0 aliphatic rings. The lowest BCUT2D eigenvalue weighted by molar-refractivity contribution is -0.192. The molecule has 1 unspecified atom stereocenters. The highest BCUT2D eigenvalue weighted by molar-refractivity contribution is 5.82. The quantitative estimate of drug-likeness (QED) is 0.258. The first-order valence-electron chi connectivity index (χ1n) is 10.8. The molecule has 0 fully saturated rings. The Labute approximate surface area is 208 Å². The van der Waals surface area contributed by atoms with Crippen LogP contribution in [-0.2, 0) is 22.6 Å². The summed E-state index contributed by atoms with van der Waals surface area (Å²) in [4.78, 5) is 37.2. The first-order chi connectivity index (χ1) is 17.3. The summed E-state index contributed by atoms with van der Waals surface area (Å²) in [6, 6.07) is 16.4. The third kappa shape index (κ3) is 8.56. The highest BCUT2D eigenvalue weighted by atomic mass is 19.4. The Bertz CT molecular complexity index is 1340. The molecule has 0 spiro atoms. The number of aliphatic carboxylic acids is 2. The summed E-state index contributed by atoms with van der Waals surface area (Å²) in [5.41, 5.74) is 12.3. The molecule has 0 radical (unpaired) electrons. The van der Waals surface area contributed by atoms with Gasteiger partial charge >= 0.3 is 18.1 Å². The number of ether oxygens (including phenoxy) is 1. The van der Waals surface area contributed by atoms with Crippen LogP contribution in [0, 0.1) is 0 Å². The number of rotatable bonds is 8. The summed E-state index contributed by atoms with van der Waals surface area (Å²) in [6.07, 6.45) is -5.41. The second-order valence-electron chi connectivity index (χ2n) is 7.68. The molecule has 1 aromatic heterocycles. The van der Waals surface area contributed by atoms with E-state index in [9.17, 15) is 27.9 Å². The molecule has 0 aliphatic carbocycles. The van der Waals surface area contributed by atoms with Crippen molar-refractivity contribution in [1.29, 1.82) is 0 Å². The van der Waals surface area contributed by atoms with E-state index in [1.165, 1.54) is 0 Å². The Morgan fingerprint density at radius 1 is 1.08 bits per heavy atom. The lowest BCUT2D eigenvalue weighted by Crippen LogP contribution is -2.27. The molecule has 10 nitrogen and oxygen atoms in total. The van der Waals surface area contributed by atoms with Gasteiger partial charge in [-0.3, -0.25) is 9.59 Å². The van der Waals surface area contributed by atoms with E-state index in [0.717, 1.165) is 10.9 Å². The zero-order valence-corrected chi connectivity index (χ0v) is 19.6. The molecule has 1 heterocycles. The minimum atomic E-state index is -5.08. The van der Waals surface area contributed by atoms with Crippen molar-refractivity contribution in [3.8, 4) is 5.75 Å². The molecule has 0 bridgehead atoms. The van der Waals surface area contributed by atoms with Gasteiger partial charge in [-0.2, -0.15) is 13.2 Å². The molecule has 37 heavy (non-hydrogen) atoms.